The van der Waals surface area contributed by atoms with Gasteiger partial charge >= 0.3 is 0 Å². The number of nitrogens with one attached hydrogen (secondary N) is 1. The maximum Gasteiger partial charge on any atom is 0.217 e. The van der Waals surface area contributed by atoms with Crippen LogP contribution in [0.5, 0.6) is 0 Å². The summed E-state index contributed by atoms with van der Waals surface area (Å²) in [5, 5.41) is 2.81. The molecule has 68 valence electrons. The van der Waals surface area contributed by atoms with Gasteiger partial charge in [-0.15, -0.1) is 0 Å². The molecule has 0 radical (unpaired) electrons. The van der Waals surface area contributed by atoms with Gasteiger partial charge < -0.3 is 10.1 Å². The molecule has 0 heterocycles. The Labute approximate surface area is 72.5 Å². The van der Waals surface area contributed by atoms with E-state index in [9.17, 15) is 9.59 Å². The molecule has 0 aromatic rings. The summed E-state index contributed by atoms with van der Waals surface area (Å²) in [6.45, 7) is 1.50. The zero-order chi connectivity index (χ0) is 8.97. The van der Waals surface area contributed by atoms with E-state index >= 15 is 0 Å². The van der Waals surface area contributed by atoms with Crippen LogP contribution in [0.2, 0.25) is 0 Å². The van der Waals surface area contributed by atoms with Crippen LogP contribution in [0, 0.1) is 5.92 Å². The molecular formula is C9H15NO2. The molecule has 3 nitrogen and oxygen atoms in total. The molecule has 1 amide bonds. The number of aldehydes is 1. The molecule has 1 aliphatic rings. The molecule has 1 aliphatic carbocycles. The Hall–Kier alpha value is -0.860. The molecule has 1 fully saturated rings. The van der Waals surface area contributed by atoms with Crippen LogP contribution < -0.4 is 5.32 Å². The fourth-order valence-corrected chi connectivity index (χ4v) is 1.76. The molecule has 1 saturated carbocycles. The van der Waals surface area contributed by atoms with E-state index in [1.54, 1.807) is 0 Å². The van der Waals surface area contributed by atoms with Crippen LogP contribution in [0.4, 0.5) is 0 Å². The summed E-state index contributed by atoms with van der Waals surface area (Å²) in [5.41, 5.74) is 0. The van der Waals surface area contributed by atoms with Crippen LogP contribution in [-0.2, 0) is 9.59 Å². The first-order chi connectivity index (χ1) is 5.74. The van der Waals surface area contributed by atoms with Gasteiger partial charge in [-0.05, 0) is 12.8 Å². The van der Waals surface area contributed by atoms with Crippen molar-refractivity contribution in [3.63, 3.8) is 0 Å². The van der Waals surface area contributed by atoms with Crippen molar-refractivity contribution in [1.82, 2.24) is 5.32 Å². The summed E-state index contributed by atoms with van der Waals surface area (Å²) in [4.78, 5) is 21.3. The predicted octanol–water partition coefficient (Wildman–Crippen LogP) is 0.880. The Balaban J connectivity index is 2.46. The molecule has 2 unspecified atom stereocenters. The third-order valence-electron chi connectivity index (χ3n) is 2.38. The second-order valence-corrected chi connectivity index (χ2v) is 3.39. The third-order valence-corrected chi connectivity index (χ3v) is 2.38. The van der Waals surface area contributed by atoms with Crippen molar-refractivity contribution in [2.75, 3.05) is 0 Å². The summed E-state index contributed by atoms with van der Waals surface area (Å²) in [5.74, 6) is 0.0106. The van der Waals surface area contributed by atoms with Gasteiger partial charge in [0.15, 0.2) is 0 Å². The zero-order valence-corrected chi connectivity index (χ0v) is 7.38. The molecule has 12 heavy (non-hydrogen) atoms. The summed E-state index contributed by atoms with van der Waals surface area (Å²) in [6, 6.07) is 0.0914. The maximum absolute atomic E-state index is 10.7. The topological polar surface area (TPSA) is 46.2 Å². The maximum atomic E-state index is 10.7. The van der Waals surface area contributed by atoms with Gasteiger partial charge in [-0.3, -0.25) is 4.79 Å². The van der Waals surface area contributed by atoms with Crippen LogP contribution in [-0.4, -0.2) is 18.2 Å². The first kappa shape index (κ1) is 9.23. The van der Waals surface area contributed by atoms with Gasteiger partial charge in [0, 0.05) is 18.9 Å². The summed E-state index contributed by atoms with van der Waals surface area (Å²) in [7, 11) is 0. The number of carbonyl (C=O) groups is 2. The minimum absolute atomic E-state index is 0.0336. The summed E-state index contributed by atoms with van der Waals surface area (Å²) in [6.07, 6.45) is 5.08. The van der Waals surface area contributed by atoms with E-state index in [-0.39, 0.29) is 17.9 Å². The number of hydrogen-bond donors (Lipinski definition) is 1. The average molecular weight is 169 g/mol. The lowest BCUT2D eigenvalue weighted by Crippen LogP contribution is -2.41. The van der Waals surface area contributed by atoms with Gasteiger partial charge in [-0.1, -0.05) is 12.8 Å². The van der Waals surface area contributed by atoms with Crippen LogP contribution in [0.3, 0.4) is 0 Å². The molecule has 0 saturated heterocycles. The quantitative estimate of drug-likeness (QED) is 0.624. The van der Waals surface area contributed by atoms with E-state index in [0.29, 0.717) is 0 Å². The van der Waals surface area contributed by atoms with Crippen LogP contribution in [0.1, 0.15) is 32.6 Å². The molecule has 0 aromatic heterocycles. The SMILES string of the molecule is CC(=O)NC1CCCCC1C=O. The Bertz CT molecular complexity index is 179. The van der Waals surface area contributed by atoms with Crippen LogP contribution in [0.25, 0.3) is 0 Å². The molecule has 1 N–H and O–H groups in total. The molecular weight excluding hydrogens is 154 g/mol. The average Bonchev–Trinajstić information content (AvgIpc) is 2.04. The van der Waals surface area contributed by atoms with Crippen molar-refractivity contribution in [1.29, 1.82) is 0 Å². The monoisotopic (exact) mass is 169 g/mol. The first-order valence-corrected chi connectivity index (χ1v) is 4.46. The highest BCUT2D eigenvalue weighted by atomic mass is 16.1. The van der Waals surface area contributed by atoms with Crippen molar-refractivity contribution < 1.29 is 9.59 Å². The minimum Gasteiger partial charge on any atom is -0.353 e. The minimum atomic E-state index is -0.0336. The van der Waals surface area contributed by atoms with Gasteiger partial charge in [-0.25, -0.2) is 0 Å². The number of carbonyl (C=O) groups excluding carboxylic acids is 2. The van der Waals surface area contributed by atoms with E-state index in [1.165, 1.54) is 6.92 Å². The van der Waals surface area contributed by atoms with Gasteiger partial charge in [-0.2, -0.15) is 0 Å². The van der Waals surface area contributed by atoms with E-state index < -0.39 is 0 Å². The normalized spacial score (nSPS) is 29.4. The van der Waals surface area contributed by atoms with Gasteiger partial charge in [0.2, 0.25) is 5.91 Å². The van der Waals surface area contributed by atoms with E-state index in [0.717, 1.165) is 32.0 Å². The van der Waals surface area contributed by atoms with Crippen LogP contribution >= 0.6 is 0 Å². The fraction of sp³-hybridized carbons (Fsp3) is 0.778. The second-order valence-electron chi connectivity index (χ2n) is 3.39. The van der Waals surface area contributed by atoms with Crippen LogP contribution in [0.15, 0.2) is 0 Å². The second kappa shape index (κ2) is 4.24. The van der Waals surface area contributed by atoms with Crippen molar-refractivity contribution in [2.45, 2.75) is 38.6 Å². The lowest BCUT2D eigenvalue weighted by Gasteiger charge is -2.27. The molecule has 0 aromatic carbocycles. The number of amides is 1. The van der Waals surface area contributed by atoms with Crippen molar-refractivity contribution in [3.8, 4) is 0 Å². The van der Waals surface area contributed by atoms with Crippen molar-refractivity contribution in [3.05, 3.63) is 0 Å². The Morgan fingerprint density at radius 2 is 2.08 bits per heavy atom. The lowest BCUT2D eigenvalue weighted by atomic mass is 9.85. The van der Waals surface area contributed by atoms with Crippen molar-refractivity contribution >= 4 is 12.2 Å². The first-order valence-electron chi connectivity index (χ1n) is 4.46. The molecule has 3 heteroatoms. The Morgan fingerprint density at radius 1 is 1.42 bits per heavy atom. The molecule has 0 spiro atoms. The highest BCUT2D eigenvalue weighted by Gasteiger charge is 2.24. The van der Waals surface area contributed by atoms with E-state index in [2.05, 4.69) is 5.32 Å². The highest BCUT2D eigenvalue weighted by Crippen LogP contribution is 2.22. The predicted molar refractivity (Wildman–Crippen MR) is 45.6 cm³/mol. The molecule has 0 aliphatic heterocycles. The highest BCUT2D eigenvalue weighted by molar-refractivity contribution is 5.74. The molecule has 2 atom stereocenters. The fourth-order valence-electron chi connectivity index (χ4n) is 1.76. The lowest BCUT2D eigenvalue weighted by molar-refractivity contribution is -0.121. The number of hydrogen-bond acceptors (Lipinski definition) is 2. The largest absolute Gasteiger partial charge is 0.353 e. The summed E-state index contributed by atoms with van der Waals surface area (Å²) >= 11 is 0. The van der Waals surface area contributed by atoms with Crippen molar-refractivity contribution in [2.24, 2.45) is 5.92 Å². The number of rotatable bonds is 2. The van der Waals surface area contributed by atoms with Gasteiger partial charge in [0.1, 0.15) is 6.29 Å². The summed E-state index contributed by atoms with van der Waals surface area (Å²) < 4.78 is 0. The van der Waals surface area contributed by atoms with Gasteiger partial charge in [0.05, 0.1) is 0 Å². The molecule has 1 rings (SSSR count). The van der Waals surface area contributed by atoms with E-state index in [4.69, 9.17) is 0 Å². The smallest absolute Gasteiger partial charge is 0.217 e. The standard InChI is InChI=1S/C9H15NO2/c1-7(12)10-9-5-3-2-4-8(9)6-11/h6,8-9H,2-5H2,1H3,(H,10,12). The van der Waals surface area contributed by atoms with E-state index in [1.807, 2.05) is 0 Å². The molecule has 0 bridgehead atoms. The third kappa shape index (κ3) is 2.32. The van der Waals surface area contributed by atoms with Gasteiger partial charge in [0.25, 0.3) is 0 Å². The zero-order valence-electron chi connectivity index (χ0n) is 7.38. The Kier molecular flexibility index (Phi) is 3.26. The Morgan fingerprint density at radius 3 is 2.67 bits per heavy atom.